The van der Waals surface area contributed by atoms with Gasteiger partial charge in [0.25, 0.3) is 0 Å². The fourth-order valence-corrected chi connectivity index (χ4v) is 1.47. The first-order valence-electron chi connectivity index (χ1n) is 5.00. The van der Waals surface area contributed by atoms with Crippen LogP contribution in [0.25, 0.3) is 0 Å². The van der Waals surface area contributed by atoms with E-state index in [1.54, 1.807) is 12.3 Å². The molecule has 2 heteroatoms. The Labute approximate surface area is 92.7 Å². The standard InChI is InChI=1S/C13H21NO/c1-6-8-12(11(3)14-7-2)13(4,5)9-10-15/h6-8,14-15H,1-3,9-10H2,4-5H3/b12-8+. The number of nitrogens with one attached hydrogen (secondary N) is 1. The van der Waals surface area contributed by atoms with Gasteiger partial charge in [-0.1, -0.05) is 45.7 Å². The Bertz CT molecular complexity index is 274. The molecule has 2 N–H and O–H groups in total. The number of aliphatic hydroxyl groups is 1. The maximum absolute atomic E-state index is 9.01. The molecule has 0 fully saturated rings. The average molecular weight is 207 g/mol. The lowest BCUT2D eigenvalue weighted by Crippen LogP contribution is -2.22. The zero-order valence-electron chi connectivity index (χ0n) is 9.71. The molecule has 0 saturated heterocycles. The van der Waals surface area contributed by atoms with Gasteiger partial charge in [0.15, 0.2) is 0 Å². The summed E-state index contributed by atoms with van der Waals surface area (Å²) in [4.78, 5) is 0. The number of allylic oxidation sites excluding steroid dienone is 3. The summed E-state index contributed by atoms with van der Waals surface area (Å²) in [6.45, 7) is 15.5. The quantitative estimate of drug-likeness (QED) is 0.629. The Morgan fingerprint density at radius 3 is 2.40 bits per heavy atom. The zero-order chi connectivity index (χ0) is 11.9. The molecule has 0 aromatic carbocycles. The van der Waals surface area contributed by atoms with E-state index in [1.165, 1.54) is 0 Å². The Balaban J connectivity index is 4.96. The molecule has 0 radical (unpaired) electrons. The second-order valence-electron chi connectivity index (χ2n) is 4.00. The predicted molar refractivity (Wildman–Crippen MR) is 66.2 cm³/mol. The van der Waals surface area contributed by atoms with Crippen molar-refractivity contribution in [3.05, 3.63) is 49.4 Å². The fraction of sp³-hybridized carbons (Fsp3) is 0.385. The van der Waals surface area contributed by atoms with E-state index in [9.17, 15) is 0 Å². The number of hydrogen-bond donors (Lipinski definition) is 2. The number of rotatable bonds is 7. The summed E-state index contributed by atoms with van der Waals surface area (Å²) in [7, 11) is 0. The van der Waals surface area contributed by atoms with Crippen LogP contribution in [0.3, 0.4) is 0 Å². The van der Waals surface area contributed by atoms with Crippen LogP contribution < -0.4 is 5.32 Å². The highest BCUT2D eigenvalue weighted by atomic mass is 16.3. The lowest BCUT2D eigenvalue weighted by molar-refractivity contribution is 0.235. The molecule has 2 nitrogen and oxygen atoms in total. The minimum atomic E-state index is -0.129. The predicted octanol–water partition coefficient (Wildman–Crippen LogP) is 2.75. The normalized spacial score (nSPS) is 12.1. The minimum absolute atomic E-state index is 0.129. The summed E-state index contributed by atoms with van der Waals surface area (Å²) in [6, 6.07) is 0. The van der Waals surface area contributed by atoms with E-state index in [1.807, 2.05) is 6.08 Å². The molecule has 0 aliphatic heterocycles. The summed E-state index contributed by atoms with van der Waals surface area (Å²) in [5.74, 6) is 0. The van der Waals surface area contributed by atoms with Crippen molar-refractivity contribution >= 4 is 0 Å². The lowest BCUT2D eigenvalue weighted by Gasteiger charge is -2.28. The first kappa shape index (κ1) is 13.7. The van der Waals surface area contributed by atoms with Crippen LogP contribution in [0.5, 0.6) is 0 Å². The van der Waals surface area contributed by atoms with Crippen molar-refractivity contribution < 1.29 is 5.11 Å². The second-order valence-corrected chi connectivity index (χ2v) is 4.00. The van der Waals surface area contributed by atoms with Crippen molar-refractivity contribution in [3.8, 4) is 0 Å². The highest BCUT2D eigenvalue weighted by Gasteiger charge is 2.23. The van der Waals surface area contributed by atoms with Crippen molar-refractivity contribution in [2.75, 3.05) is 6.61 Å². The van der Waals surface area contributed by atoms with Gasteiger partial charge in [0.05, 0.1) is 0 Å². The number of aliphatic hydroxyl groups excluding tert-OH is 1. The van der Waals surface area contributed by atoms with Crippen LogP contribution in [0.1, 0.15) is 20.3 Å². The molecule has 0 atom stereocenters. The van der Waals surface area contributed by atoms with Gasteiger partial charge in [-0.25, -0.2) is 0 Å². The van der Waals surface area contributed by atoms with Crippen LogP contribution in [-0.4, -0.2) is 11.7 Å². The summed E-state index contributed by atoms with van der Waals surface area (Å²) in [5, 5.41) is 12.0. The van der Waals surface area contributed by atoms with Crippen LogP contribution in [0.15, 0.2) is 49.4 Å². The van der Waals surface area contributed by atoms with Gasteiger partial charge in [0.1, 0.15) is 0 Å². The minimum Gasteiger partial charge on any atom is -0.396 e. The molecule has 0 rings (SSSR count). The topological polar surface area (TPSA) is 32.3 Å². The molecule has 0 amide bonds. The van der Waals surface area contributed by atoms with Crippen molar-refractivity contribution in [2.45, 2.75) is 20.3 Å². The molecule has 84 valence electrons. The van der Waals surface area contributed by atoms with Crippen molar-refractivity contribution in [2.24, 2.45) is 5.41 Å². The first-order chi connectivity index (χ1) is 6.99. The molecule has 0 bridgehead atoms. The first-order valence-corrected chi connectivity index (χ1v) is 5.00. The molecular formula is C13H21NO. The summed E-state index contributed by atoms with van der Waals surface area (Å²) in [6.07, 6.45) is 5.91. The molecule has 15 heavy (non-hydrogen) atoms. The maximum atomic E-state index is 9.01. The Hall–Kier alpha value is -1.28. The summed E-state index contributed by atoms with van der Waals surface area (Å²) < 4.78 is 0. The third-order valence-electron chi connectivity index (χ3n) is 2.35. The third-order valence-corrected chi connectivity index (χ3v) is 2.35. The largest absolute Gasteiger partial charge is 0.396 e. The summed E-state index contributed by atoms with van der Waals surface area (Å²) in [5.41, 5.74) is 1.70. The zero-order valence-corrected chi connectivity index (χ0v) is 9.71. The van der Waals surface area contributed by atoms with Gasteiger partial charge in [-0.3, -0.25) is 0 Å². The van der Waals surface area contributed by atoms with Crippen molar-refractivity contribution in [1.82, 2.24) is 5.32 Å². The molecule has 0 aromatic rings. The highest BCUT2D eigenvalue weighted by molar-refractivity contribution is 5.35. The molecule has 0 spiro atoms. The second kappa shape index (κ2) is 6.25. The average Bonchev–Trinajstić information content (AvgIpc) is 2.14. The van der Waals surface area contributed by atoms with Crippen LogP contribution >= 0.6 is 0 Å². The Morgan fingerprint density at radius 2 is 2.00 bits per heavy atom. The lowest BCUT2D eigenvalue weighted by atomic mass is 9.79. The van der Waals surface area contributed by atoms with E-state index >= 15 is 0 Å². The van der Waals surface area contributed by atoms with Crippen LogP contribution in [-0.2, 0) is 0 Å². The number of hydrogen-bond acceptors (Lipinski definition) is 2. The van der Waals surface area contributed by atoms with Crippen LogP contribution in [0.4, 0.5) is 0 Å². The van der Waals surface area contributed by atoms with Crippen LogP contribution in [0, 0.1) is 5.41 Å². The van der Waals surface area contributed by atoms with E-state index < -0.39 is 0 Å². The van der Waals surface area contributed by atoms with Crippen molar-refractivity contribution in [1.29, 1.82) is 0 Å². The highest BCUT2D eigenvalue weighted by Crippen LogP contribution is 2.33. The fourth-order valence-electron chi connectivity index (χ4n) is 1.47. The molecule has 0 saturated carbocycles. The van der Waals surface area contributed by atoms with Gasteiger partial charge in [-0.2, -0.15) is 0 Å². The van der Waals surface area contributed by atoms with Gasteiger partial charge >= 0.3 is 0 Å². The van der Waals surface area contributed by atoms with E-state index in [2.05, 4.69) is 38.9 Å². The molecule has 0 unspecified atom stereocenters. The molecular weight excluding hydrogens is 186 g/mol. The molecule has 0 aliphatic rings. The smallest absolute Gasteiger partial charge is 0.0439 e. The van der Waals surface area contributed by atoms with E-state index in [4.69, 9.17) is 5.11 Å². The monoisotopic (exact) mass is 207 g/mol. The van der Waals surface area contributed by atoms with E-state index in [0.717, 1.165) is 11.3 Å². The van der Waals surface area contributed by atoms with Crippen molar-refractivity contribution in [3.63, 3.8) is 0 Å². The Kier molecular flexibility index (Phi) is 5.72. The van der Waals surface area contributed by atoms with Gasteiger partial charge < -0.3 is 10.4 Å². The summed E-state index contributed by atoms with van der Waals surface area (Å²) >= 11 is 0. The van der Waals surface area contributed by atoms with Gasteiger partial charge in [-0.15, -0.1) is 0 Å². The SMILES string of the molecule is C=C/C=C(\C(=C)NC=C)C(C)(C)CCO. The van der Waals surface area contributed by atoms with E-state index in [-0.39, 0.29) is 12.0 Å². The van der Waals surface area contributed by atoms with Gasteiger partial charge in [-0.05, 0) is 23.6 Å². The Morgan fingerprint density at radius 1 is 1.40 bits per heavy atom. The van der Waals surface area contributed by atoms with Gasteiger partial charge in [0, 0.05) is 12.3 Å². The van der Waals surface area contributed by atoms with Crippen LogP contribution in [0.2, 0.25) is 0 Å². The third kappa shape index (κ3) is 4.17. The van der Waals surface area contributed by atoms with Gasteiger partial charge in [0.2, 0.25) is 0 Å². The molecule has 0 aromatic heterocycles. The maximum Gasteiger partial charge on any atom is 0.0439 e. The van der Waals surface area contributed by atoms with E-state index in [0.29, 0.717) is 6.42 Å². The molecule has 0 heterocycles. The molecule has 0 aliphatic carbocycles.